The summed E-state index contributed by atoms with van der Waals surface area (Å²) in [6.07, 6.45) is -0.00924. The topological polar surface area (TPSA) is 129 Å². The summed E-state index contributed by atoms with van der Waals surface area (Å²) < 4.78 is 29.9. The molecule has 0 heterocycles. The van der Waals surface area contributed by atoms with Crippen LogP contribution in [0.5, 0.6) is 0 Å². The second-order valence-corrected chi connectivity index (χ2v) is 4.00. The quantitative estimate of drug-likeness (QED) is 0.344. The van der Waals surface area contributed by atoms with Crippen LogP contribution in [0.1, 0.15) is 19.8 Å². The van der Waals surface area contributed by atoms with Crippen LogP contribution < -0.4 is 0 Å². The minimum absolute atomic E-state index is 0. The van der Waals surface area contributed by atoms with Gasteiger partial charge >= 0.3 is 51.6 Å². The van der Waals surface area contributed by atoms with E-state index >= 15 is 0 Å². The molecule has 9 heteroatoms. The van der Waals surface area contributed by atoms with Crippen molar-refractivity contribution < 1.29 is 32.8 Å². The van der Waals surface area contributed by atoms with Gasteiger partial charge in [0, 0.05) is 0 Å². The Hall–Kier alpha value is -0.410. The first-order valence-corrected chi connectivity index (χ1v) is 5.33. The number of hydrogen-bond donors (Lipinski definition) is 3. The Bertz CT molecular complexity index is 408. The summed E-state index contributed by atoms with van der Waals surface area (Å²) in [5, 5.41) is 17.1. The molecule has 0 aromatic carbocycles. The zero-order chi connectivity index (χ0) is 12.2. The third kappa shape index (κ3) is 5.08. The first-order chi connectivity index (χ1) is 6.71. The van der Waals surface area contributed by atoms with Gasteiger partial charge in [0.2, 0.25) is 0 Å². The van der Waals surface area contributed by atoms with E-state index in [9.17, 15) is 18.0 Å². The van der Waals surface area contributed by atoms with E-state index in [4.69, 9.17) is 14.8 Å². The number of carboxylic acids is 2. The molecule has 16 heavy (non-hydrogen) atoms. The van der Waals surface area contributed by atoms with Crippen molar-refractivity contribution in [2.45, 2.75) is 19.8 Å². The van der Waals surface area contributed by atoms with Crippen LogP contribution >= 0.6 is 0 Å². The molecular formula is C7H11NaO7S. The fourth-order valence-electron chi connectivity index (χ4n) is 0.963. The molecule has 0 aromatic rings. The van der Waals surface area contributed by atoms with Crippen LogP contribution in [0.3, 0.4) is 0 Å². The second-order valence-electron chi connectivity index (χ2n) is 2.64. The van der Waals surface area contributed by atoms with Crippen molar-refractivity contribution in [2.75, 3.05) is 0 Å². The van der Waals surface area contributed by atoms with Crippen LogP contribution in [0.25, 0.3) is 0 Å². The predicted molar refractivity (Wildman–Crippen MR) is 55.9 cm³/mol. The van der Waals surface area contributed by atoms with Gasteiger partial charge in [-0.15, -0.1) is 0 Å². The van der Waals surface area contributed by atoms with Crippen molar-refractivity contribution in [3.63, 3.8) is 0 Å². The molecule has 88 valence electrons. The fourth-order valence-corrected chi connectivity index (χ4v) is 1.68. The minimum atomic E-state index is -5.03. The average molecular weight is 262 g/mol. The summed E-state index contributed by atoms with van der Waals surface area (Å²) in [5.74, 6) is -3.66. The van der Waals surface area contributed by atoms with Gasteiger partial charge in [-0.1, -0.05) is 13.3 Å². The molecule has 0 aliphatic rings. The molecule has 7 nitrogen and oxygen atoms in total. The number of rotatable bonds is 5. The van der Waals surface area contributed by atoms with E-state index in [0.29, 0.717) is 0 Å². The molecule has 0 spiro atoms. The van der Waals surface area contributed by atoms with Crippen molar-refractivity contribution in [2.24, 2.45) is 0 Å². The van der Waals surface area contributed by atoms with E-state index < -0.39 is 32.5 Å². The predicted octanol–water partition coefficient (Wildman–Crippen LogP) is -0.551. The third-order valence-corrected chi connectivity index (χ3v) is 2.42. The summed E-state index contributed by atoms with van der Waals surface area (Å²) in [7, 11) is -5.03. The molecule has 0 aliphatic carbocycles. The van der Waals surface area contributed by atoms with Gasteiger partial charge < -0.3 is 10.2 Å². The first-order valence-electron chi connectivity index (χ1n) is 3.89. The van der Waals surface area contributed by atoms with Crippen LogP contribution in [0.15, 0.2) is 10.5 Å². The summed E-state index contributed by atoms with van der Waals surface area (Å²) in [6.45, 7) is 1.55. The van der Waals surface area contributed by atoms with Crippen LogP contribution in [0, 0.1) is 0 Å². The molecule has 0 amide bonds. The molecule has 0 aromatic heterocycles. The zero-order valence-electron chi connectivity index (χ0n) is 7.80. The van der Waals surface area contributed by atoms with Gasteiger partial charge in [-0.25, -0.2) is 9.59 Å². The van der Waals surface area contributed by atoms with Crippen molar-refractivity contribution >= 4 is 51.6 Å². The van der Waals surface area contributed by atoms with Crippen molar-refractivity contribution in [3.8, 4) is 0 Å². The Kier molecular flexibility index (Phi) is 7.89. The normalized spacial score (nSPS) is 12.4. The molecule has 3 N–H and O–H groups in total. The SMILES string of the molecule is CCC/C(C(=O)O)=C(/C(=O)O)S(=O)(=O)O.[NaH]. The van der Waals surface area contributed by atoms with E-state index in [-0.39, 0.29) is 42.4 Å². The van der Waals surface area contributed by atoms with Crippen molar-refractivity contribution in [1.29, 1.82) is 0 Å². The van der Waals surface area contributed by atoms with Crippen molar-refractivity contribution in [3.05, 3.63) is 10.5 Å². The zero-order valence-corrected chi connectivity index (χ0v) is 8.61. The molecule has 0 fully saturated rings. The molecule has 0 rings (SSSR count). The summed E-state index contributed by atoms with van der Waals surface area (Å²) in [6, 6.07) is 0. The van der Waals surface area contributed by atoms with Gasteiger partial charge in [0.15, 0.2) is 4.91 Å². The van der Waals surface area contributed by atoms with Gasteiger partial charge in [0.25, 0.3) is 0 Å². The number of hydrogen-bond acceptors (Lipinski definition) is 4. The average Bonchev–Trinajstić information content (AvgIpc) is 1.99. The van der Waals surface area contributed by atoms with Gasteiger partial charge in [-0.05, 0) is 6.42 Å². The van der Waals surface area contributed by atoms with E-state index in [1.54, 1.807) is 6.92 Å². The number of aliphatic carboxylic acids is 2. The van der Waals surface area contributed by atoms with Gasteiger partial charge in [-0.3, -0.25) is 4.55 Å². The maximum atomic E-state index is 10.6. The van der Waals surface area contributed by atoms with Crippen LogP contribution in [0.4, 0.5) is 0 Å². The third-order valence-electron chi connectivity index (χ3n) is 1.48. The van der Waals surface area contributed by atoms with E-state index in [0.717, 1.165) is 0 Å². The van der Waals surface area contributed by atoms with Gasteiger partial charge in [-0.2, -0.15) is 8.42 Å². The summed E-state index contributed by atoms with van der Waals surface area (Å²) in [4.78, 5) is 19.6. The van der Waals surface area contributed by atoms with Crippen molar-refractivity contribution in [1.82, 2.24) is 0 Å². The van der Waals surface area contributed by atoms with Crippen LogP contribution in [0.2, 0.25) is 0 Å². The Labute approximate surface area is 114 Å². The van der Waals surface area contributed by atoms with Crippen LogP contribution in [-0.4, -0.2) is 64.7 Å². The monoisotopic (exact) mass is 262 g/mol. The number of carboxylic acid groups (broad SMARTS) is 2. The van der Waals surface area contributed by atoms with Gasteiger partial charge in [0.05, 0.1) is 5.57 Å². The molecule has 0 aliphatic heterocycles. The molecule has 0 unspecified atom stereocenters. The summed E-state index contributed by atoms with van der Waals surface area (Å²) in [5.41, 5.74) is -0.826. The Morgan fingerprint density at radius 2 is 1.56 bits per heavy atom. The van der Waals surface area contributed by atoms with E-state index in [1.165, 1.54) is 0 Å². The second kappa shape index (κ2) is 7.02. The molecule has 0 saturated carbocycles. The molecule has 0 bridgehead atoms. The van der Waals surface area contributed by atoms with Crippen LogP contribution in [-0.2, 0) is 19.7 Å². The molecule has 0 radical (unpaired) electrons. The Morgan fingerprint density at radius 1 is 1.12 bits per heavy atom. The fraction of sp³-hybridized carbons (Fsp3) is 0.429. The Balaban J connectivity index is 0. The van der Waals surface area contributed by atoms with E-state index in [2.05, 4.69) is 0 Å². The molecular weight excluding hydrogens is 251 g/mol. The molecule has 0 saturated heterocycles. The van der Waals surface area contributed by atoms with E-state index in [1.807, 2.05) is 0 Å². The maximum absolute atomic E-state index is 10.6. The molecule has 0 atom stereocenters. The van der Waals surface area contributed by atoms with Gasteiger partial charge in [0.1, 0.15) is 0 Å². The Morgan fingerprint density at radius 3 is 1.75 bits per heavy atom. The standard InChI is InChI=1S/C7H10O7S.Na.H/c1-2-3-4(6(8)9)5(7(10)11)15(12,13)14;;/h2-3H2,1H3,(H,8,9)(H,10,11)(H,12,13,14);;/b5-4+;;. The number of carbonyl (C=O) groups is 2. The first kappa shape index (κ1) is 18.0. The summed E-state index contributed by atoms with van der Waals surface area (Å²) >= 11 is 0.